The molecule has 0 bridgehead atoms. The van der Waals surface area contributed by atoms with Crippen molar-refractivity contribution in [3.05, 3.63) is 0 Å². The molecule has 2 aliphatic rings. The van der Waals surface area contributed by atoms with E-state index in [4.69, 9.17) is 5.11 Å². The maximum Gasteiger partial charge on any atom is 0.308 e. The van der Waals surface area contributed by atoms with Crippen LogP contribution in [0.1, 0.15) is 26.2 Å². The van der Waals surface area contributed by atoms with Crippen molar-refractivity contribution in [1.29, 1.82) is 0 Å². The van der Waals surface area contributed by atoms with Crippen molar-refractivity contribution in [3.8, 4) is 0 Å². The van der Waals surface area contributed by atoms with E-state index in [0.29, 0.717) is 13.0 Å². The maximum atomic E-state index is 12.1. The number of hydrogen-bond donors (Lipinski definition) is 2. The molecule has 5 nitrogen and oxygen atoms in total. The monoisotopic (exact) mass is 226 g/mol. The highest BCUT2D eigenvalue weighted by Crippen LogP contribution is 2.25. The minimum absolute atomic E-state index is 0.0775. The molecule has 90 valence electrons. The summed E-state index contributed by atoms with van der Waals surface area (Å²) in [6, 6.07) is -0.262. The van der Waals surface area contributed by atoms with Gasteiger partial charge in [0.1, 0.15) is 0 Å². The fourth-order valence-corrected chi connectivity index (χ4v) is 2.68. The summed E-state index contributed by atoms with van der Waals surface area (Å²) in [5.41, 5.74) is 0. The van der Waals surface area contributed by atoms with E-state index >= 15 is 0 Å². The Kier molecular flexibility index (Phi) is 3.14. The van der Waals surface area contributed by atoms with Crippen LogP contribution in [0.3, 0.4) is 0 Å². The summed E-state index contributed by atoms with van der Waals surface area (Å²) in [5, 5.41) is 12.2. The van der Waals surface area contributed by atoms with E-state index in [2.05, 4.69) is 5.32 Å². The van der Waals surface area contributed by atoms with Crippen LogP contribution >= 0.6 is 0 Å². The molecule has 2 heterocycles. The molecule has 0 radical (unpaired) electrons. The van der Waals surface area contributed by atoms with Crippen molar-refractivity contribution < 1.29 is 14.7 Å². The summed E-state index contributed by atoms with van der Waals surface area (Å²) in [5.74, 6) is -1.11. The lowest BCUT2D eigenvalue weighted by atomic mass is 10.0. The third kappa shape index (κ3) is 1.91. The van der Waals surface area contributed by atoms with E-state index in [-0.39, 0.29) is 18.0 Å². The van der Waals surface area contributed by atoms with Crippen LogP contribution in [-0.2, 0) is 9.59 Å². The van der Waals surface area contributed by atoms with Gasteiger partial charge in [-0.25, -0.2) is 0 Å². The number of rotatable bonds is 2. The average Bonchev–Trinajstić information content (AvgIpc) is 2.84. The molecule has 2 aliphatic heterocycles. The lowest BCUT2D eigenvalue weighted by molar-refractivity contribution is -0.143. The van der Waals surface area contributed by atoms with E-state index in [0.717, 1.165) is 19.4 Å². The molecular formula is C11H18N2O3. The molecule has 2 N–H and O–H groups in total. The van der Waals surface area contributed by atoms with Crippen LogP contribution in [0.25, 0.3) is 0 Å². The van der Waals surface area contributed by atoms with Crippen molar-refractivity contribution in [3.63, 3.8) is 0 Å². The van der Waals surface area contributed by atoms with Crippen molar-refractivity contribution in [2.24, 2.45) is 5.92 Å². The zero-order valence-corrected chi connectivity index (χ0v) is 9.48. The molecule has 0 aromatic heterocycles. The third-order valence-electron chi connectivity index (χ3n) is 3.71. The fourth-order valence-electron chi connectivity index (χ4n) is 2.68. The summed E-state index contributed by atoms with van der Waals surface area (Å²) >= 11 is 0. The first-order valence-corrected chi connectivity index (χ1v) is 5.88. The number of aliphatic carboxylic acids is 1. The summed E-state index contributed by atoms with van der Waals surface area (Å²) in [6.45, 7) is 3.30. The number of carboxylic acid groups (broad SMARTS) is 1. The molecule has 1 amide bonds. The Morgan fingerprint density at radius 3 is 2.62 bits per heavy atom. The van der Waals surface area contributed by atoms with Gasteiger partial charge in [0.25, 0.3) is 0 Å². The van der Waals surface area contributed by atoms with Gasteiger partial charge in [-0.15, -0.1) is 0 Å². The first kappa shape index (κ1) is 11.4. The number of hydrogen-bond acceptors (Lipinski definition) is 3. The van der Waals surface area contributed by atoms with E-state index in [9.17, 15) is 9.59 Å². The highest BCUT2D eigenvalue weighted by atomic mass is 16.4. The van der Waals surface area contributed by atoms with Gasteiger partial charge < -0.3 is 15.3 Å². The number of carbonyl (C=O) groups is 2. The van der Waals surface area contributed by atoms with Crippen LogP contribution in [0.5, 0.6) is 0 Å². The summed E-state index contributed by atoms with van der Waals surface area (Å²) in [4.78, 5) is 24.8. The summed E-state index contributed by atoms with van der Waals surface area (Å²) < 4.78 is 0. The Morgan fingerprint density at radius 2 is 2.12 bits per heavy atom. The second-order valence-corrected chi connectivity index (χ2v) is 4.65. The van der Waals surface area contributed by atoms with Crippen LogP contribution in [0.4, 0.5) is 0 Å². The SMILES string of the molecule is CC1C(C(=O)O)CCN1C(=O)C1CCCN1. The molecule has 0 aromatic rings. The molecule has 0 saturated carbocycles. The first-order valence-electron chi connectivity index (χ1n) is 5.88. The summed E-state index contributed by atoms with van der Waals surface area (Å²) in [6.07, 6.45) is 2.48. The minimum atomic E-state index is -0.790. The van der Waals surface area contributed by atoms with Gasteiger partial charge in [0.05, 0.1) is 12.0 Å². The van der Waals surface area contributed by atoms with Crippen molar-refractivity contribution in [2.75, 3.05) is 13.1 Å². The third-order valence-corrected chi connectivity index (χ3v) is 3.71. The Balaban J connectivity index is 2.00. The highest BCUT2D eigenvalue weighted by molar-refractivity contribution is 5.84. The molecule has 5 heteroatoms. The number of nitrogens with zero attached hydrogens (tertiary/aromatic N) is 1. The van der Waals surface area contributed by atoms with Gasteiger partial charge in [0.15, 0.2) is 0 Å². The van der Waals surface area contributed by atoms with Crippen molar-refractivity contribution >= 4 is 11.9 Å². The molecule has 0 aliphatic carbocycles. The van der Waals surface area contributed by atoms with Crippen molar-refractivity contribution in [2.45, 2.75) is 38.3 Å². The zero-order valence-electron chi connectivity index (χ0n) is 9.48. The maximum absolute atomic E-state index is 12.1. The number of carbonyl (C=O) groups excluding carboxylic acids is 1. The quantitative estimate of drug-likeness (QED) is 0.698. The normalized spacial score (nSPS) is 34.3. The number of amides is 1. The summed E-state index contributed by atoms with van der Waals surface area (Å²) in [7, 11) is 0. The molecule has 16 heavy (non-hydrogen) atoms. The first-order chi connectivity index (χ1) is 7.61. The van der Waals surface area contributed by atoms with Crippen LogP contribution < -0.4 is 5.32 Å². The second-order valence-electron chi connectivity index (χ2n) is 4.65. The molecule has 3 unspecified atom stereocenters. The average molecular weight is 226 g/mol. The molecule has 0 aromatic carbocycles. The van der Waals surface area contributed by atoms with E-state index in [1.165, 1.54) is 0 Å². The Bertz CT molecular complexity index is 300. The van der Waals surface area contributed by atoms with Gasteiger partial charge in [-0.3, -0.25) is 9.59 Å². The predicted molar refractivity (Wildman–Crippen MR) is 57.9 cm³/mol. The fraction of sp³-hybridized carbons (Fsp3) is 0.818. The smallest absolute Gasteiger partial charge is 0.308 e. The van der Waals surface area contributed by atoms with Crippen LogP contribution in [0.2, 0.25) is 0 Å². The van der Waals surface area contributed by atoms with Crippen LogP contribution in [-0.4, -0.2) is 47.1 Å². The molecular weight excluding hydrogens is 208 g/mol. The minimum Gasteiger partial charge on any atom is -0.481 e. The Morgan fingerprint density at radius 1 is 1.38 bits per heavy atom. The number of carboxylic acids is 1. The van der Waals surface area contributed by atoms with Gasteiger partial charge in [-0.1, -0.05) is 0 Å². The van der Waals surface area contributed by atoms with Crippen LogP contribution in [0, 0.1) is 5.92 Å². The molecule has 3 atom stereocenters. The molecule has 2 saturated heterocycles. The number of likely N-dealkylation sites (tertiary alicyclic amines) is 1. The molecule has 2 rings (SSSR count). The predicted octanol–water partition coefficient (Wildman–Crippen LogP) is 0.0600. The topological polar surface area (TPSA) is 69.6 Å². The second kappa shape index (κ2) is 4.41. The van der Waals surface area contributed by atoms with Gasteiger partial charge in [-0.05, 0) is 32.7 Å². The van der Waals surface area contributed by atoms with E-state index in [1.54, 1.807) is 4.90 Å². The van der Waals surface area contributed by atoms with E-state index in [1.807, 2.05) is 6.92 Å². The molecule has 2 fully saturated rings. The van der Waals surface area contributed by atoms with Crippen LogP contribution in [0.15, 0.2) is 0 Å². The van der Waals surface area contributed by atoms with Gasteiger partial charge in [0, 0.05) is 12.6 Å². The van der Waals surface area contributed by atoms with Crippen molar-refractivity contribution in [1.82, 2.24) is 10.2 Å². The Hall–Kier alpha value is -1.10. The van der Waals surface area contributed by atoms with E-state index < -0.39 is 11.9 Å². The zero-order chi connectivity index (χ0) is 11.7. The lowest BCUT2D eigenvalue weighted by Crippen LogP contribution is -2.46. The van der Waals surface area contributed by atoms with Gasteiger partial charge in [0.2, 0.25) is 5.91 Å². The lowest BCUT2D eigenvalue weighted by Gasteiger charge is -2.26. The molecule has 0 spiro atoms. The van der Waals surface area contributed by atoms with Gasteiger partial charge in [-0.2, -0.15) is 0 Å². The largest absolute Gasteiger partial charge is 0.481 e. The number of nitrogens with one attached hydrogen (secondary N) is 1. The standard InChI is InChI=1S/C11H18N2O3/c1-7-8(11(15)16)4-6-13(7)10(14)9-3-2-5-12-9/h7-9,12H,2-6H2,1H3,(H,15,16). The Labute approximate surface area is 94.8 Å². The highest BCUT2D eigenvalue weighted by Gasteiger charge is 2.40. The van der Waals surface area contributed by atoms with Gasteiger partial charge >= 0.3 is 5.97 Å².